The minimum absolute atomic E-state index is 0.667. The lowest BCUT2D eigenvalue weighted by Crippen LogP contribution is -2.17. The maximum absolute atomic E-state index is 5.54. The first kappa shape index (κ1) is 13.6. The third-order valence-corrected chi connectivity index (χ3v) is 3.14. The van der Waals surface area contributed by atoms with Crippen molar-refractivity contribution in [1.29, 1.82) is 0 Å². The van der Waals surface area contributed by atoms with Crippen molar-refractivity contribution in [1.82, 2.24) is 4.98 Å². The Morgan fingerprint density at radius 2 is 2.00 bits per heavy atom. The first-order valence-electron chi connectivity index (χ1n) is 6.60. The molecule has 0 unspecified atom stereocenters. The molecule has 0 saturated carbocycles. The number of aryl methyl sites for hydroxylation is 1. The van der Waals surface area contributed by atoms with Gasteiger partial charge in [-0.15, -0.1) is 0 Å². The molecule has 2 rings (SSSR count). The molecule has 1 heterocycles. The summed E-state index contributed by atoms with van der Waals surface area (Å²) in [5.41, 5.74) is 9.32. The van der Waals surface area contributed by atoms with Gasteiger partial charge in [0.05, 0.1) is 0 Å². The maximum Gasteiger partial charge on any atom is 0.128 e. The van der Waals surface area contributed by atoms with Gasteiger partial charge in [0.2, 0.25) is 0 Å². The van der Waals surface area contributed by atoms with E-state index in [4.69, 9.17) is 5.73 Å². The topological polar surface area (TPSA) is 42.1 Å². The number of benzene rings is 1. The number of nitrogens with zero attached hydrogens (tertiary/aromatic N) is 2. The van der Waals surface area contributed by atoms with E-state index in [0.717, 1.165) is 18.8 Å². The van der Waals surface area contributed by atoms with Crippen molar-refractivity contribution in [2.24, 2.45) is 5.73 Å². The molecule has 0 aliphatic heterocycles. The Labute approximate surface area is 115 Å². The lowest BCUT2D eigenvalue weighted by Gasteiger charge is -2.18. The lowest BCUT2D eigenvalue weighted by molar-refractivity contribution is 0.888. The number of aromatic nitrogens is 1. The van der Waals surface area contributed by atoms with E-state index in [9.17, 15) is 0 Å². The van der Waals surface area contributed by atoms with Gasteiger partial charge in [-0.3, -0.25) is 0 Å². The van der Waals surface area contributed by atoms with Crippen LogP contribution in [0.4, 0.5) is 5.82 Å². The summed E-state index contributed by atoms with van der Waals surface area (Å²) < 4.78 is 0. The zero-order chi connectivity index (χ0) is 13.7. The van der Waals surface area contributed by atoms with Gasteiger partial charge in [-0.1, -0.05) is 35.9 Å². The van der Waals surface area contributed by atoms with E-state index in [0.29, 0.717) is 6.54 Å². The summed E-state index contributed by atoms with van der Waals surface area (Å²) >= 11 is 0. The fourth-order valence-electron chi connectivity index (χ4n) is 2.12. The van der Waals surface area contributed by atoms with Crippen LogP contribution in [0.5, 0.6) is 0 Å². The smallest absolute Gasteiger partial charge is 0.128 e. The Morgan fingerprint density at radius 3 is 2.63 bits per heavy atom. The molecule has 0 atom stereocenters. The van der Waals surface area contributed by atoms with E-state index < -0.39 is 0 Å². The predicted octanol–water partition coefficient (Wildman–Crippen LogP) is 2.53. The second-order valence-electron chi connectivity index (χ2n) is 4.91. The van der Waals surface area contributed by atoms with Gasteiger partial charge in [-0.05, 0) is 37.1 Å². The van der Waals surface area contributed by atoms with Crippen molar-refractivity contribution in [3.05, 3.63) is 59.3 Å². The third-order valence-electron chi connectivity index (χ3n) is 3.14. The molecule has 0 bridgehead atoms. The van der Waals surface area contributed by atoms with Crippen molar-refractivity contribution in [2.45, 2.75) is 19.9 Å². The van der Waals surface area contributed by atoms with Gasteiger partial charge in [0.25, 0.3) is 0 Å². The highest BCUT2D eigenvalue weighted by atomic mass is 15.2. The maximum atomic E-state index is 5.54. The summed E-state index contributed by atoms with van der Waals surface area (Å²) in [6.07, 6.45) is 2.80. The fraction of sp³-hybridized carbons (Fsp3) is 0.312. The van der Waals surface area contributed by atoms with Crippen LogP contribution < -0.4 is 10.6 Å². The van der Waals surface area contributed by atoms with Crippen molar-refractivity contribution in [3.8, 4) is 0 Å². The van der Waals surface area contributed by atoms with Crippen molar-refractivity contribution >= 4 is 5.82 Å². The number of anilines is 1. The Bertz CT molecular complexity index is 520. The van der Waals surface area contributed by atoms with Gasteiger partial charge in [-0.25, -0.2) is 4.98 Å². The molecular formula is C16H21N3. The fourth-order valence-corrected chi connectivity index (χ4v) is 2.12. The molecular weight excluding hydrogens is 234 g/mol. The lowest BCUT2D eigenvalue weighted by atomic mass is 10.1. The molecule has 3 heteroatoms. The Hall–Kier alpha value is -1.87. The van der Waals surface area contributed by atoms with E-state index in [2.05, 4.69) is 60.3 Å². The Kier molecular flexibility index (Phi) is 4.53. The number of hydrogen-bond acceptors (Lipinski definition) is 3. The first-order valence-corrected chi connectivity index (χ1v) is 6.60. The molecule has 2 N–H and O–H groups in total. The molecule has 0 aliphatic carbocycles. The van der Waals surface area contributed by atoms with E-state index >= 15 is 0 Å². The van der Waals surface area contributed by atoms with Gasteiger partial charge < -0.3 is 10.6 Å². The van der Waals surface area contributed by atoms with Crippen molar-refractivity contribution < 1.29 is 0 Å². The Morgan fingerprint density at radius 1 is 1.16 bits per heavy atom. The highest BCUT2D eigenvalue weighted by Gasteiger charge is 2.03. The normalized spacial score (nSPS) is 10.5. The van der Waals surface area contributed by atoms with Crippen LogP contribution in [0.2, 0.25) is 0 Å². The highest BCUT2D eigenvalue weighted by Crippen LogP contribution is 2.14. The van der Waals surface area contributed by atoms with Crippen LogP contribution in [0.1, 0.15) is 16.7 Å². The molecule has 0 spiro atoms. The zero-order valence-corrected chi connectivity index (χ0v) is 11.6. The van der Waals surface area contributed by atoms with Crippen LogP contribution >= 0.6 is 0 Å². The minimum atomic E-state index is 0.667. The number of rotatable bonds is 5. The van der Waals surface area contributed by atoms with Gasteiger partial charge in [0, 0.05) is 19.8 Å². The summed E-state index contributed by atoms with van der Waals surface area (Å²) in [7, 11) is 2.06. The molecule has 3 nitrogen and oxygen atoms in total. The molecule has 1 aromatic heterocycles. The predicted molar refractivity (Wildman–Crippen MR) is 80.3 cm³/mol. The van der Waals surface area contributed by atoms with Crippen LogP contribution in [0, 0.1) is 6.92 Å². The summed E-state index contributed by atoms with van der Waals surface area (Å²) in [4.78, 5) is 6.64. The highest BCUT2D eigenvalue weighted by molar-refractivity contribution is 5.40. The summed E-state index contributed by atoms with van der Waals surface area (Å²) in [6, 6.07) is 12.7. The standard InChI is InChI=1S/C16H21N3/c1-13-4-3-5-15(10-13)12-19(2)16-7-6-14(8-9-17)11-18-16/h3-7,10-11H,8-9,12,17H2,1-2H3. The first-order chi connectivity index (χ1) is 9.19. The Balaban J connectivity index is 2.05. The van der Waals surface area contributed by atoms with Gasteiger partial charge in [0.15, 0.2) is 0 Å². The van der Waals surface area contributed by atoms with Gasteiger partial charge >= 0.3 is 0 Å². The SMILES string of the molecule is Cc1cccc(CN(C)c2ccc(CCN)cn2)c1. The van der Waals surface area contributed by atoms with Crippen LogP contribution in [-0.4, -0.2) is 18.6 Å². The molecule has 2 aromatic rings. The third kappa shape index (κ3) is 3.80. The minimum Gasteiger partial charge on any atom is -0.355 e. The van der Waals surface area contributed by atoms with E-state index in [1.54, 1.807) is 0 Å². The monoisotopic (exact) mass is 255 g/mol. The number of nitrogens with two attached hydrogens (primary N) is 1. The second kappa shape index (κ2) is 6.34. The molecule has 0 fully saturated rings. The van der Waals surface area contributed by atoms with E-state index in [-0.39, 0.29) is 0 Å². The molecule has 19 heavy (non-hydrogen) atoms. The second-order valence-corrected chi connectivity index (χ2v) is 4.91. The zero-order valence-electron chi connectivity index (χ0n) is 11.6. The summed E-state index contributed by atoms with van der Waals surface area (Å²) in [5.74, 6) is 0.988. The molecule has 0 amide bonds. The van der Waals surface area contributed by atoms with Crippen LogP contribution in [0.15, 0.2) is 42.6 Å². The van der Waals surface area contributed by atoms with Gasteiger partial charge in [0.1, 0.15) is 5.82 Å². The van der Waals surface area contributed by atoms with Crippen LogP contribution in [0.3, 0.4) is 0 Å². The molecule has 1 aromatic carbocycles. The van der Waals surface area contributed by atoms with Crippen LogP contribution in [0.25, 0.3) is 0 Å². The molecule has 100 valence electrons. The number of hydrogen-bond donors (Lipinski definition) is 1. The van der Waals surface area contributed by atoms with Crippen molar-refractivity contribution in [2.75, 3.05) is 18.5 Å². The van der Waals surface area contributed by atoms with E-state index in [1.165, 1.54) is 16.7 Å². The summed E-state index contributed by atoms with van der Waals surface area (Å²) in [5, 5.41) is 0. The van der Waals surface area contributed by atoms with Gasteiger partial charge in [-0.2, -0.15) is 0 Å². The average molecular weight is 255 g/mol. The molecule has 0 saturated heterocycles. The quantitative estimate of drug-likeness (QED) is 0.892. The van der Waals surface area contributed by atoms with E-state index in [1.807, 2.05) is 6.20 Å². The largest absolute Gasteiger partial charge is 0.355 e. The molecule has 0 aliphatic rings. The number of pyridine rings is 1. The average Bonchev–Trinajstić information content (AvgIpc) is 2.40. The molecule has 0 radical (unpaired) electrons. The van der Waals surface area contributed by atoms with Crippen LogP contribution in [-0.2, 0) is 13.0 Å². The summed E-state index contributed by atoms with van der Waals surface area (Å²) in [6.45, 7) is 3.65. The van der Waals surface area contributed by atoms with Crippen molar-refractivity contribution in [3.63, 3.8) is 0 Å².